The standard InChI is InChI=1S/C23H33N5O4/c1-31-20-9-8-19(21(13-20)32-2)14-25-22(29)10-7-18-5-3-11-27(15-18)23(30)6-4-12-28-17-24-16-26-28/h8-9,13,16-18H,3-7,10-12,14-15H2,1-2H3,(H,25,29)/t18-/m0/s1. The molecule has 1 fully saturated rings. The van der Waals surface area contributed by atoms with Crippen molar-refractivity contribution in [2.45, 2.75) is 51.6 Å². The van der Waals surface area contributed by atoms with E-state index < -0.39 is 0 Å². The lowest BCUT2D eigenvalue weighted by Crippen LogP contribution is -2.40. The van der Waals surface area contributed by atoms with Crippen molar-refractivity contribution < 1.29 is 19.1 Å². The van der Waals surface area contributed by atoms with Crippen molar-refractivity contribution >= 4 is 11.8 Å². The van der Waals surface area contributed by atoms with Gasteiger partial charge < -0.3 is 19.7 Å². The molecule has 1 aromatic carbocycles. The Morgan fingerprint density at radius 1 is 1.22 bits per heavy atom. The number of aromatic nitrogens is 3. The molecule has 2 heterocycles. The van der Waals surface area contributed by atoms with Crippen LogP contribution in [0.15, 0.2) is 30.9 Å². The van der Waals surface area contributed by atoms with Crippen molar-refractivity contribution in [2.24, 2.45) is 5.92 Å². The first-order chi connectivity index (χ1) is 15.6. The van der Waals surface area contributed by atoms with Crippen LogP contribution < -0.4 is 14.8 Å². The Balaban J connectivity index is 1.37. The predicted molar refractivity (Wildman–Crippen MR) is 119 cm³/mol. The summed E-state index contributed by atoms with van der Waals surface area (Å²) in [4.78, 5) is 30.8. The first-order valence-corrected chi connectivity index (χ1v) is 11.2. The van der Waals surface area contributed by atoms with Crippen molar-refractivity contribution in [1.29, 1.82) is 0 Å². The molecule has 1 aromatic heterocycles. The van der Waals surface area contributed by atoms with Crippen LogP contribution in [-0.4, -0.2) is 58.8 Å². The molecule has 0 spiro atoms. The number of aryl methyl sites for hydroxylation is 1. The molecular weight excluding hydrogens is 410 g/mol. The number of hydrogen-bond acceptors (Lipinski definition) is 6. The highest BCUT2D eigenvalue weighted by atomic mass is 16.5. The number of carbonyl (C=O) groups is 2. The molecule has 3 rings (SSSR count). The lowest BCUT2D eigenvalue weighted by atomic mass is 9.93. The summed E-state index contributed by atoms with van der Waals surface area (Å²) in [5, 5.41) is 7.03. The molecule has 0 bridgehead atoms. The van der Waals surface area contributed by atoms with Gasteiger partial charge in [-0.05, 0) is 43.7 Å². The summed E-state index contributed by atoms with van der Waals surface area (Å²) in [6, 6.07) is 5.55. The minimum absolute atomic E-state index is 0.0131. The van der Waals surface area contributed by atoms with Gasteiger partial charge in [0.1, 0.15) is 24.2 Å². The minimum Gasteiger partial charge on any atom is -0.497 e. The molecule has 32 heavy (non-hydrogen) atoms. The third-order valence-corrected chi connectivity index (χ3v) is 5.87. The molecule has 1 aliphatic rings. The third kappa shape index (κ3) is 6.96. The van der Waals surface area contributed by atoms with Crippen molar-refractivity contribution in [1.82, 2.24) is 25.0 Å². The predicted octanol–water partition coefficient (Wildman–Crippen LogP) is 2.41. The van der Waals surface area contributed by atoms with Crippen LogP contribution >= 0.6 is 0 Å². The molecule has 0 aliphatic carbocycles. The number of nitrogens with one attached hydrogen (secondary N) is 1. The molecule has 9 nitrogen and oxygen atoms in total. The zero-order valence-electron chi connectivity index (χ0n) is 19.0. The molecule has 0 unspecified atom stereocenters. The topological polar surface area (TPSA) is 98.6 Å². The van der Waals surface area contributed by atoms with Crippen LogP contribution in [0.4, 0.5) is 0 Å². The van der Waals surface area contributed by atoms with E-state index in [4.69, 9.17) is 9.47 Å². The maximum Gasteiger partial charge on any atom is 0.222 e. The summed E-state index contributed by atoms with van der Waals surface area (Å²) in [5.41, 5.74) is 0.905. The van der Waals surface area contributed by atoms with Gasteiger partial charge in [-0.1, -0.05) is 0 Å². The number of benzene rings is 1. The quantitative estimate of drug-likeness (QED) is 0.573. The average Bonchev–Trinajstić information content (AvgIpc) is 3.35. The van der Waals surface area contributed by atoms with E-state index in [0.29, 0.717) is 43.3 Å². The number of rotatable bonds is 11. The van der Waals surface area contributed by atoms with Gasteiger partial charge >= 0.3 is 0 Å². The van der Waals surface area contributed by atoms with E-state index in [1.807, 2.05) is 17.0 Å². The van der Waals surface area contributed by atoms with Gasteiger partial charge in [0.25, 0.3) is 0 Å². The van der Waals surface area contributed by atoms with Gasteiger partial charge in [-0.3, -0.25) is 14.3 Å². The molecule has 2 aromatic rings. The van der Waals surface area contributed by atoms with E-state index in [0.717, 1.165) is 44.3 Å². The summed E-state index contributed by atoms with van der Waals surface area (Å²) in [6.07, 6.45) is 7.72. The fraction of sp³-hybridized carbons (Fsp3) is 0.565. The van der Waals surface area contributed by atoms with Gasteiger partial charge in [0.2, 0.25) is 11.8 Å². The molecule has 1 saturated heterocycles. The van der Waals surface area contributed by atoms with Crippen LogP contribution in [0.3, 0.4) is 0 Å². The maximum atomic E-state index is 12.6. The Morgan fingerprint density at radius 2 is 2.09 bits per heavy atom. The Kier molecular flexibility index (Phi) is 8.89. The second-order valence-electron chi connectivity index (χ2n) is 8.10. The minimum atomic E-state index is 0.0131. The lowest BCUT2D eigenvalue weighted by molar-refractivity contribution is -0.133. The number of amides is 2. The van der Waals surface area contributed by atoms with Gasteiger partial charge in [-0.2, -0.15) is 5.10 Å². The number of methoxy groups -OCH3 is 2. The van der Waals surface area contributed by atoms with E-state index in [1.165, 1.54) is 6.33 Å². The normalized spacial score (nSPS) is 15.9. The highest BCUT2D eigenvalue weighted by Crippen LogP contribution is 2.25. The second kappa shape index (κ2) is 12.1. The van der Waals surface area contributed by atoms with Gasteiger partial charge in [-0.15, -0.1) is 0 Å². The molecular formula is C23H33N5O4. The first-order valence-electron chi connectivity index (χ1n) is 11.2. The van der Waals surface area contributed by atoms with E-state index in [9.17, 15) is 9.59 Å². The van der Waals surface area contributed by atoms with Crippen molar-refractivity contribution in [2.75, 3.05) is 27.3 Å². The number of ether oxygens (including phenoxy) is 2. The van der Waals surface area contributed by atoms with Crippen LogP contribution in [0.2, 0.25) is 0 Å². The SMILES string of the molecule is COc1ccc(CNC(=O)CC[C@@H]2CCCN(C(=O)CCCn3cncn3)C2)c(OC)c1. The van der Waals surface area contributed by atoms with Crippen molar-refractivity contribution in [3.05, 3.63) is 36.4 Å². The number of likely N-dealkylation sites (tertiary alicyclic amines) is 1. The zero-order valence-corrected chi connectivity index (χ0v) is 19.0. The van der Waals surface area contributed by atoms with Crippen LogP contribution in [-0.2, 0) is 22.7 Å². The van der Waals surface area contributed by atoms with Crippen molar-refractivity contribution in [3.63, 3.8) is 0 Å². The Bertz CT molecular complexity index is 871. The lowest BCUT2D eigenvalue weighted by Gasteiger charge is -2.33. The van der Waals surface area contributed by atoms with E-state index in [1.54, 1.807) is 31.3 Å². The molecule has 9 heteroatoms. The molecule has 0 saturated carbocycles. The summed E-state index contributed by atoms with van der Waals surface area (Å²) in [6.45, 7) is 2.65. The highest BCUT2D eigenvalue weighted by Gasteiger charge is 2.23. The summed E-state index contributed by atoms with van der Waals surface area (Å²) < 4.78 is 12.3. The fourth-order valence-corrected chi connectivity index (χ4v) is 4.04. The Labute approximate surface area is 189 Å². The van der Waals surface area contributed by atoms with E-state index in [2.05, 4.69) is 15.4 Å². The van der Waals surface area contributed by atoms with Crippen molar-refractivity contribution in [3.8, 4) is 11.5 Å². The number of nitrogens with zero attached hydrogens (tertiary/aromatic N) is 4. The molecule has 2 amide bonds. The zero-order chi connectivity index (χ0) is 22.8. The van der Waals surface area contributed by atoms with Crippen LogP contribution in [0.5, 0.6) is 11.5 Å². The van der Waals surface area contributed by atoms with Crippen LogP contribution in [0, 0.1) is 5.92 Å². The summed E-state index contributed by atoms with van der Waals surface area (Å²) >= 11 is 0. The molecule has 0 radical (unpaired) electrons. The summed E-state index contributed by atoms with van der Waals surface area (Å²) in [5.74, 6) is 1.97. The Morgan fingerprint density at radius 3 is 2.84 bits per heavy atom. The highest BCUT2D eigenvalue weighted by molar-refractivity contribution is 5.76. The second-order valence-corrected chi connectivity index (χ2v) is 8.10. The summed E-state index contributed by atoms with van der Waals surface area (Å²) in [7, 11) is 3.21. The van der Waals surface area contributed by atoms with Crippen LogP contribution in [0.1, 0.15) is 44.1 Å². The van der Waals surface area contributed by atoms with Crippen LogP contribution in [0.25, 0.3) is 0 Å². The maximum absolute atomic E-state index is 12.6. The third-order valence-electron chi connectivity index (χ3n) is 5.87. The van der Waals surface area contributed by atoms with Gasteiger partial charge in [0, 0.05) is 50.7 Å². The van der Waals surface area contributed by atoms with Gasteiger partial charge in [-0.25, -0.2) is 4.98 Å². The first kappa shape index (κ1) is 23.6. The average molecular weight is 444 g/mol. The Hall–Kier alpha value is -3.10. The molecule has 1 N–H and O–H groups in total. The molecule has 1 aliphatic heterocycles. The smallest absolute Gasteiger partial charge is 0.222 e. The van der Waals surface area contributed by atoms with E-state index >= 15 is 0 Å². The molecule has 174 valence electrons. The molecule has 1 atom stereocenters. The monoisotopic (exact) mass is 443 g/mol. The van der Waals surface area contributed by atoms with Gasteiger partial charge in [0.15, 0.2) is 0 Å². The fourth-order valence-electron chi connectivity index (χ4n) is 4.04. The number of carbonyl (C=O) groups excluding carboxylic acids is 2. The largest absolute Gasteiger partial charge is 0.497 e. The number of hydrogen-bond donors (Lipinski definition) is 1. The number of piperidine rings is 1. The van der Waals surface area contributed by atoms with E-state index in [-0.39, 0.29) is 11.8 Å². The van der Waals surface area contributed by atoms with Gasteiger partial charge in [0.05, 0.1) is 14.2 Å².